The fraction of sp³-hybridized carbons (Fsp3) is 0.0500. The van der Waals surface area contributed by atoms with Gasteiger partial charge in [0.1, 0.15) is 11.2 Å². The van der Waals surface area contributed by atoms with Crippen LogP contribution in [0, 0.1) is 0 Å². The van der Waals surface area contributed by atoms with Gasteiger partial charge in [-0.2, -0.15) is 0 Å². The summed E-state index contributed by atoms with van der Waals surface area (Å²) in [5, 5.41) is 1.97. The van der Waals surface area contributed by atoms with Gasteiger partial charge in [-0.3, -0.25) is 0 Å². The van der Waals surface area contributed by atoms with Crippen LogP contribution in [0.2, 0.25) is 0 Å². The van der Waals surface area contributed by atoms with Gasteiger partial charge in [0.05, 0.1) is 0 Å². The summed E-state index contributed by atoms with van der Waals surface area (Å²) in [5.41, 5.74) is 17.8. The maximum absolute atomic E-state index is 7.25. The quantitative estimate of drug-likeness (QED) is 0.161. The highest BCUT2D eigenvalue weighted by molar-refractivity contribution is 6.19. The van der Waals surface area contributed by atoms with Crippen molar-refractivity contribution in [2.75, 3.05) is 0 Å². The van der Waals surface area contributed by atoms with Crippen LogP contribution in [0.3, 0.4) is 0 Å². The Hall–Kier alpha value is -8.21. The van der Waals surface area contributed by atoms with Crippen LogP contribution in [0.4, 0.5) is 0 Å². The first kappa shape index (κ1) is 36.4. The van der Waals surface area contributed by atoms with E-state index in [0.29, 0.717) is 35.2 Å². The molecule has 0 bridgehead atoms. The fourth-order valence-corrected chi connectivity index (χ4v) is 10.4. The van der Waals surface area contributed by atoms with Crippen LogP contribution >= 0.6 is 0 Å². The van der Waals surface area contributed by atoms with E-state index in [0.717, 1.165) is 72.0 Å². The summed E-state index contributed by atoms with van der Waals surface area (Å²) in [6.07, 6.45) is 0. The van der Waals surface area contributed by atoms with Gasteiger partial charge in [0, 0.05) is 38.6 Å². The van der Waals surface area contributed by atoms with E-state index in [4.69, 9.17) is 19.4 Å². The molecule has 0 aliphatic heterocycles. The Balaban J connectivity index is 1.07. The molecule has 64 heavy (non-hydrogen) atoms. The molecule has 0 saturated heterocycles. The van der Waals surface area contributed by atoms with Crippen molar-refractivity contribution in [3.63, 3.8) is 0 Å². The second-order valence-corrected chi connectivity index (χ2v) is 17.0. The number of aromatic nitrogens is 3. The number of fused-ring (bicyclic) bond motifs is 9. The van der Waals surface area contributed by atoms with Crippen LogP contribution in [0.15, 0.2) is 223 Å². The van der Waals surface area contributed by atoms with Gasteiger partial charge >= 0.3 is 0 Å². The molecular weight excluding hydrogens is 779 g/mol. The van der Waals surface area contributed by atoms with Gasteiger partial charge in [-0.05, 0) is 98.2 Å². The monoisotopic (exact) mass is 817 g/mol. The summed E-state index contributed by atoms with van der Waals surface area (Å²) in [5.74, 6) is 3.25. The van der Waals surface area contributed by atoms with E-state index in [1.807, 2.05) is 36.4 Å². The highest BCUT2D eigenvalue weighted by Gasteiger charge is 2.56. The van der Waals surface area contributed by atoms with Gasteiger partial charge in [0.2, 0.25) is 0 Å². The van der Waals surface area contributed by atoms with E-state index in [1.54, 1.807) is 0 Å². The van der Waals surface area contributed by atoms with Crippen molar-refractivity contribution in [3.8, 4) is 78.7 Å². The molecular formula is C60H39N3O. The Bertz CT molecular complexity index is 3490. The molecule has 300 valence electrons. The minimum Gasteiger partial charge on any atom is -0.455 e. The molecule has 2 aliphatic rings. The molecule has 9 aromatic carbocycles. The van der Waals surface area contributed by atoms with Crippen LogP contribution < -0.4 is 0 Å². The summed E-state index contributed by atoms with van der Waals surface area (Å²) in [7, 11) is 0. The minimum atomic E-state index is 0.461. The number of rotatable bonds is 7. The SMILES string of the molecule is c1ccc(-c2nc(-c3ccccc3)nc(-c3ccc(-c4ccccc4)c4oc5c(-c6ccccc6)cc(-c6ccc7c(c6)-c6ccccc6C6C7[C@@H]6c6ccccc6)cc5c34)n2)cc1. The lowest BCUT2D eigenvalue weighted by atomic mass is 9.84. The topological polar surface area (TPSA) is 51.8 Å². The third-order valence-corrected chi connectivity index (χ3v) is 13.4. The Morgan fingerprint density at radius 3 is 1.44 bits per heavy atom. The van der Waals surface area contributed by atoms with Crippen molar-refractivity contribution in [3.05, 3.63) is 235 Å². The lowest BCUT2D eigenvalue weighted by Gasteiger charge is -2.20. The van der Waals surface area contributed by atoms with Gasteiger partial charge in [-0.15, -0.1) is 0 Å². The summed E-state index contributed by atoms with van der Waals surface area (Å²) in [4.78, 5) is 15.5. The Morgan fingerprint density at radius 2 is 0.797 bits per heavy atom. The van der Waals surface area contributed by atoms with E-state index < -0.39 is 0 Å². The summed E-state index contributed by atoms with van der Waals surface area (Å²) >= 11 is 0. The molecule has 1 fully saturated rings. The molecule has 11 aromatic rings. The first-order chi connectivity index (χ1) is 31.7. The number of hydrogen-bond acceptors (Lipinski definition) is 4. The Kier molecular flexibility index (Phi) is 8.38. The molecule has 4 nitrogen and oxygen atoms in total. The highest BCUT2D eigenvalue weighted by atomic mass is 16.3. The zero-order valence-electron chi connectivity index (χ0n) is 34.8. The molecule has 0 radical (unpaired) electrons. The largest absolute Gasteiger partial charge is 0.455 e. The van der Waals surface area contributed by atoms with Gasteiger partial charge in [-0.1, -0.05) is 188 Å². The Labute approximate surface area is 371 Å². The molecule has 4 heteroatoms. The van der Waals surface area contributed by atoms with Crippen LogP contribution in [-0.4, -0.2) is 15.0 Å². The first-order valence-corrected chi connectivity index (χ1v) is 22.1. The van der Waals surface area contributed by atoms with Crippen molar-refractivity contribution < 1.29 is 4.42 Å². The second kappa shape index (κ2) is 14.7. The number of furan rings is 1. The van der Waals surface area contributed by atoms with Crippen molar-refractivity contribution in [2.45, 2.75) is 17.8 Å². The Morgan fingerprint density at radius 1 is 0.297 bits per heavy atom. The molecule has 2 aliphatic carbocycles. The van der Waals surface area contributed by atoms with E-state index in [-0.39, 0.29) is 0 Å². The van der Waals surface area contributed by atoms with E-state index in [2.05, 4.69) is 182 Å². The summed E-state index contributed by atoms with van der Waals surface area (Å²) in [6.45, 7) is 0. The summed E-state index contributed by atoms with van der Waals surface area (Å²) in [6, 6.07) is 77.7. The number of hydrogen-bond donors (Lipinski definition) is 0. The van der Waals surface area contributed by atoms with Gasteiger partial charge in [0.15, 0.2) is 17.5 Å². The van der Waals surface area contributed by atoms with E-state index in [9.17, 15) is 0 Å². The fourth-order valence-electron chi connectivity index (χ4n) is 10.4. The van der Waals surface area contributed by atoms with E-state index >= 15 is 0 Å². The molecule has 2 unspecified atom stereocenters. The van der Waals surface area contributed by atoms with E-state index in [1.165, 1.54) is 27.8 Å². The van der Waals surface area contributed by atoms with Crippen molar-refractivity contribution in [1.82, 2.24) is 15.0 Å². The highest BCUT2D eigenvalue weighted by Crippen LogP contribution is 2.71. The molecule has 2 heterocycles. The average molecular weight is 818 g/mol. The normalized spacial score (nSPS) is 16.0. The number of nitrogens with zero attached hydrogens (tertiary/aromatic N) is 3. The summed E-state index contributed by atoms with van der Waals surface area (Å²) < 4.78 is 7.25. The maximum atomic E-state index is 7.25. The van der Waals surface area contributed by atoms with Crippen molar-refractivity contribution in [2.24, 2.45) is 0 Å². The molecule has 1 saturated carbocycles. The third-order valence-electron chi connectivity index (χ3n) is 13.4. The molecule has 0 spiro atoms. The molecule has 2 aromatic heterocycles. The predicted molar refractivity (Wildman–Crippen MR) is 260 cm³/mol. The standard InChI is InChI=1S/C60H39N3O/c1-6-18-37(19-7-1)44-32-33-48(60-62-58(40-24-12-4-13-25-40)61-59(63-60)41-26-14-5-15-27-41)53-51-36-43(35-49(56(51)64-57(44)53)38-20-8-2-9-21-38)42-30-31-47-50(34-42)45-28-16-17-29-46(45)54-52(55(47)54)39-22-10-3-11-23-39/h1-36,52,54-55H/t52-,54?,55?/m1/s1. The smallest absolute Gasteiger partial charge is 0.164 e. The molecule has 0 N–H and O–H groups in total. The lowest BCUT2D eigenvalue weighted by Crippen LogP contribution is -2.00. The molecule has 3 atom stereocenters. The first-order valence-electron chi connectivity index (χ1n) is 22.1. The second-order valence-electron chi connectivity index (χ2n) is 17.0. The zero-order chi connectivity index (χ0) is 42.1. The number of benzene rings is 9. The van der Waals surface area contributed by atoms with Crippen LogP contribution in [0.1, 0.15) is 34.4 Å². The van der Waals surface area contributed by atoms with Crippen LogP contribution in [0.5, 0.6) is 0 Å². The lowest BCUT2D eigenvalue weighted by molar-refractivity contribution is 0.671. The zero-order valence-corrected chi connectivity index (χ0v) is 34.8. The predicted octanol–water partition coefficient (Wildman–Crippen LogP) is 15.4. The van der Waals surface area contributed by atoms with Crippen LogP contribution in [0.25, 0.3) is 101 Å². The van der Waals surface area contributed by atoms with Crippen LogP contribution in [-0.2, 0) is 0 Å². The molecule has 13 rings (SSSR count). The minimum absolute atomic E-state index is 0.461. The van der Waals surface area contributed by atoms with Gasteiger partial charge < -0.3 is 4.42 Å². The molecule has 0 amide bonds. The van der Waals surface area contributed by atoms with Gasteiger partial charge in [0.25, 0.3) is 0 Å². The maximum Gasteiger partial charge on any atom is 0.164 e. The average Bonchev–Trinajstić information content (AvgIpc) is 4.02. The van der Waals surface area contributed by atoms with Crippen molar-refractivity contribution in [1.29, 1.82) is 0 Å². The van der Waals surface area contributed by atoms with Crippen molar-refractivity contribution >= 4 is 21.9 Å². The third kappa shape index (κ3) is 5.95. The van der Waals surface area contributed by atoms with Gasteiger partial charge in [-0.25, -0.2) is 15.0 Å².